The maximum atomic E-state index is 4.71. The zero-order chi connectivity index (χ0) is 21.1. The van der Waals surface area contributed by atoms with Crippen molar-refractivity contribution in [1.29, 1.82) is 0 Å². The molecule has 30 heavy (non-hydrogen) atoms. The average molecular weight is 400 g/mol. The molecule has 0 aliphatic heterocycles. The van der Waals surface area contributed by atoms with Crippen molar-refractivity contribution in [2.45, 2.75) is 26.8 Å². The fourth-order valence-corrected chi connectivity index (χ4v) is 3.19. The zero-order valence-electron chi connectivity index (χ0n) is 17.7. The Morgan fingerprint density at radius 1 is 0.867 bits per heavy atom. The summed E-state index contributed by atoms with van der Waals surface area (Å²) in [4.78, 5) is 15.9. The molecule has 4 aromatic rings. The number of aryl methyl sites for hydroxylation is 2. The molecule has 3 aromatic heterocycles. The van der Waals surface area contributed by atoms with Gasteiger partial charge in [-0.3, -0.25) is 4.98 Å². The number of aromatic nitrogens is 6. The van der Waals surface area contributed by atoms with Crippen molar-refractivity contribution >= 4 is 5.95 Å². The van der Waals surface area contributed by atoms with E-state index in [9.17, 15) is 0 Å². The maximum Gasteiger partial charge on any atom is 0.225 e. The SMILES string of the molecule is CCc1cccc(Cn2cc(-c3cc(-c4cccc(C)c4)nc(N(C)C)n3)nn2)n1. The van der Waals surface area contributed by atoms with Crippen LogP contribution in [0.25, 0.3) is 22.6 Å². The van der Waals surface area contributed by atoms with E-state index in [1.54, 1.807) is 4.68 Å². The first kappa shape index (κ1) is 19.7. The van der Waals surface area contributed by atoms with Crippen LogP contribution in [0, 0.1) is 6.92 Å². The minimum absolute atomic E-state index is 0.567. The summed E-state index contributed by atoms with van der Waals surface area (Å²) in [6.07, 6.45) is 2.81. The predicted molar refractivity (Wildman–Crippen MR) is 118 cm³/mol. The van der Waals surface area contributed by atoms with E-state index in [-0.39, 0.29) is 0 Å². The van der Waals surface area contributed by atoms with Gasteiger partial charge in [0.25, 0.3) is 0 Å². The van der Waals surface area contributed by atoms with Crippen LogP contribution in [0.3, 0.4) is 0 Å². The first-order valence-corrected chi connectivity index (χ1v) is 10.0. The Kier molecular flexibility index (Phi) is 5.52. The van der Waals surface area contributed by atoms with Crippen LogP contribution in [0.5, 0.6) is 0 Å². The van der Waals surface area contributed by atoms with Crippen LogP contribution in [0.2, 0.25) is 0 Å². The van der Waals surface area contributed by atoms with Crippen molar-refractivity contribution in [2.75, 3.05) is 19.0 Å². The minimum Gasteiger partial charge on any atom is -0.347 e. The third-order valence-electron chi connectivity index (χ3n) is 4.78. The Labute approximate surface area is 176 Å². The summed E-state index contributed by atoms with van der Waals surface area (Å²) in [6, 6.07) is 16.3. The number of anilines is 1. The minimum atomic E-state index is 0.567. The predicted octanol–water partition coefficient (Wildman–Crippen LogP) is 3.78. The summed E-state index contributed by atoms with van der Waals surface area (Å²) in [5, 5.41) is 8.64. The summed E-state index contributed by atoms with van der Waals surface area (Å²) in [6.45, 7) is 4.74. The second kappa shape index (κ2) is 8.41. The number of hydrogen-bond acceptors (Lipinski definition) is 6. The molecule has 7 heteroatoms. The van der Waals surface area contributed by atoms with Gasteiger partial charge in [0.15, 0.2) is 0 Å². The molecule has 0 atom stereocenters. The van der Waals surface area contributed by atoms with E-state index in [2.05, 4.69) is 52.3 Å². The van der Waals surface area contributed by atoms with Crippen LogP contribution in [-0.2, 0) is 13.0 Å². The molecule has 0 radical (unpaired) electrons. The molecule has 152 valence electrons. The summed E-state index contributed by atoms with van der Waals surface area (Å²) >= 11 is 0. The van der Waals surface area contributed by atoms with Gasteiger partial charge in [0.05, 0.1) is 29.8 Å². The second-order valence-electron chi connectivity index (χ2n) is 7.48. The highest BCUT2D eigenvalue weighted by molar-refractivity contribution is 5.68. The third kappa shape index (κ3) is 4.35. The Bertz CT molecular complexity index is 1160. The topological polar surface area (TPSA) is 72.6 Å². The van der Waals surface area contributed by atoms with Gasteiger partial charge in [-0.2, -0.15) is 0 Å². The number of rotatable bonds is 6. The molecule has 0 saturated heterocycles. The Hall–Kier alpha value is -3.61. The zero-order valence-corrected chi connectivity index (χ0v) is 17.7. The molecule has 0 spiro atoms. The van der Waals surface area contributed by atoms with Crippen molar-refractivity contribution in [3.63, 3.8) is 0 Å². The second-order valence-corrected chi connectivity index (χ2v) is 7.48. The standard InChI is InChI=1S/C23H25N7/c1-5-18-10-7-11-19(24-18)14-30-15-22(27-28-30)21-13-20(25-23(26-21)29(3)4)17-9-6-8-16(2)12-17/h6-13,15H,5,14H2,1-4H3. The van der Waals surface area contributed by atoms with E-state index in [4.69, 9.17) is 4.98 Å². The summed E-state index contributed by atoms with van der Waals surface area (Å²) in [7, 11) is 3.87. The molecule has 0 unspecified atom stereocenters. The molecular formula is C23H25N7. The number of hydrogen-bond donors (Lipinski definition) is 0. The van der Waals surface area contributed by atoms with E-state index in [0.29, 0.717) is 18.2 Å². The molecule has 0 aliphatic rings. The van der Waals surface area contributed by atoms with Gasteiger partial charge in [0.2, 0.25) is 5.95 Å². The number of benzene rings is 1. The van der Waals surface area contributed by atoms with E-state index in [1.807, 2.05) is 55.5 Å². The molecule has 0 bridgehead atoms. The van der Waals surface area contributed by atoms with Crippen molar-refractivity contribution in [1.82, 2.24) is 29.9 Å². The highest BCUT2D eigenvalue weighted by Gasteiger charge is 2.13. The van der Waals surface area contributed by atoms with E-state index >= 15 is 0 Å². The normalized spacial score (nSPS) is 10.9. The van der Waals surface area contributed by atoms with E-state index < -0.39 is 0 Å². The average Bonchev–Trinajstić information content (AvgIpc) is 3.22. The summed E-state index contributed by atoms with van der Waals surface area (Å²) in [5.41, 5.74) is 6.58. The molecule has 7 nitrogen and oxygen atoms in total. The summed E-state index contributed by atoms with van der Waals surface area (Å²) in [5.74, 6) is 0.635. The molecule has 1 aromatic carbocycles. The summed E-state index contributed by atoms with van der Waals surface area (Å²) < 4.78 is 1.79. The Morgan fingerprint density at radius 2 is 1.63 bits per heavy atom. The molecule has 0 aliphatic carbocycles. The van der Waals surface area contributed by atoms with Crippen LogP contribution in [0.4, 0.5) is 5.95 Å². The lowest BCUT2D eigenvalue weighted by atomic mass is 10.1. The lowest BCUT2D eigenvalue weighted by Crippen LogP contribution is -2.13. The molecule has 4 rings (SSSR count). The third-order valence-corrected chi connectivity index (χ3v) is 4.78. The van der Waals surface area contributed by atoms with Gasteiger partial charge in [-0.05, 0) is 37.6 Å². The Morgan fingerprint density at radius 3 is 2.40 bits per heavy atom. The number of nitrogens with zero attached hydrogens (tertiary/aromatic N) is 7. The van der Waals surface area contributed by atoms with E-state index in [0.717, 1.165) is 34.8 Å². The van der Waals surface area contributed by atoms with Gasteiger partial charge < -0.3 is 4.90 Å². The monoisotopic (exact) mass is 399 g/mol. The van der Waals surface area contributed by atoms with Gasteiger partial charge >= 0.3 is 0 Å². The van der Waals surface area contributed by atoms with Crippen LogP contribution >= 0.6 is 0 Å². The Balaban J connectivity index is 1.68. The van der Waals surface area contributed by atoms with Gasteiger partial charge in [0.1, 0.15) is 5.69 Å². The molecule has 0 saturated carbocycles. The smallest absolute Gasteiger partial charge is 0.225 e. The highest BCUT2D eigenvalue weighted by atomic mass is 15.4. The first-order valence-electron chi connectivity index (χ1n) is 10.0. The van der Waals surface area contributed by atoms with E-state index in [1.165, 1.54) is 5.56 Å². The lowest BCUT2D eigenvalue weighted by molar-refractivity contribution is 0.636. The molecule has 3 heterocycles. The van der Waals surface area contributed by atoms with Crippen molar-refractivity contribution in [3.8, 4) is 22.6 Å². The largest absolute Gasteiger partial charge is 0.347 e. The fourth-order valence-electron chi connectivity index (χ4n) is 3.19. The van der Waals surface area contributed by atoms with Crippen LogP contribution in [-0.4, -0.2) is 44.0 Å². The van der Waals surface area contributed by atoms with Gasteiger partial charge in [0, 0.05) is 25.4 Å². The van der Waals surface area contributed by atoms with Crippen molar-refractivity contribution in [2.24, 2.45) is 0 Å². The molecule has 0 fully saturated rings. The quantitative estimate of drug-likeness (QED) is 0.491. The maximum absolute atomic E-state index is 4.71. The molecular weight excluding hydrogens is 374 g/mol. The number of pyridine rings is 1. The molecule has 0 amide bonds. The van der Waals surface area contributed by atoms with Crippen LogP contribution < -0.4 is 4.90 Å². The van der Waals surface area contributed by atoms with Crippen LogP contribution in [0.1, 0.15) is 23.9 Å². The van der Waals surface area contributed by atoms with Crippen molar-refractivity contribution in [3.05, 3.63) is 71.7 Å². The molecule has 0 N–H and O–H groups in total. The lowest BCUT2D eigenvalue weighted by Gasteiger charge is -2.13. The van der Waals surface area contributed by atoms with Gasteiger partial charge in [-0.15, -0.1) is 5.10 Å². The van der Waals surface area contributed by atoms with Crippen LogP contribution in [0.15, 0.2) is 54.7 Å². The highest BCUT2D eigenvalue weighted by Crippen LogP contribution is 2.25. The van der Waals surface area contributed by atoms with Crippen molar-refractivity contribution < 1.29 is 0 Å². The first-order chi connectivity index (χ1) is 14.5. The van der Waals surface area contributed by atoms with Gasteiger partial charge in [-0.25, -0.2) is 14.6 Å². The fraction of sp³-hybridized carbons (Fsp3) is 0.261. The van der Waals surface area contributed by atoms with Gasteiger partial charge in [-0.1, -0.05) is 42.0 Å².